The first kappa shape index (κ1) is 14.5. The fraction of sp³-hybridized carbons (Fsp3) is 0.647. The van der Waals surface area contributed by atoms with E-state index < -0.39 is 0 Å². The molecule has 0 radical (unpaired) electrons. The van der Waals surface area contributed by atoms with Gasteiger partial charge >= 0.3 is 0 Å². The summed E-state index contributed by atoms with van der Waals surface area (Å²) in [7, 11) is 6.58. The van der Waals surface area contributed by atoms with Gasteiger partial charge in [0.25, 0.3) is 0 Å². The highest BCUT2D eigenvalue weighted by atomic mass is 15.2. The maximum Gasteiger partial charge on any atom is 0.0507 e. The molecule has 106 valence electrons. The third-order valence-electron chi connectivity index (χ3n) is 4.92. The zero-order chi connectivity index (χ0) is 14.0. The summed E-state index contributed by atoms with van der Waals surface area (Å²) in [4.78, 5) is 2.44. The molecule has 1 N–H and O–H groups in total. The van der Waals surface area contributed by atoms with E-state index in [0.29, 0.717) is 6.04 Å². The zero-order valence-corrected chi connectivity index (χ0v) is 13.1. The predicted molar refractivity (Wildman–Crippen MR) is 82.6 cm³/mol. The van der Waals surface area contributed by atoms with E-state index in [1.54, 1.807) is 0 Å². The topological polar surface area (TPSA) is 15.3 Å². The molecule has 1 aromatic rings. The number of nitrogens with one attached hydrogen (secondary N) is 1. The second kappa shape index (κ2) is 5.64. The predicted octanol–water partition coefficient (Wildman–Crippen LogP) is 3.44. The van der Waals surface area contributed by atoms with Gasteiger partial charge in [0.15, 0.2) is 0 Å². The molecule has 19 heavy (non-hydrogen) atoms. The molecule has 1 aromatic carbocycles. The van der Waals surface area contributed by atoms with Crippen molar-refractivity contribution in [3.05, 3.63) is 34.9 Å². The summed E-state index contributed by atoms with van der Waals surface area (Å²) in [5, 5.41) is 3.60. The van der Waals surface area contributed by atoms with Crippen LogP contribution < -0.4 is 5.32 Å². The van der Waals surface area contributed by atoms with Crippen LogP contribution in [0.3, 0.4) is 0 Å². The van der Waals surface area contributed by atoms with Crippen LogP contribution in [0.4, 0.5) is 0 Å². The average Bonchev–Trinajstić information content (AvgIpc) is 2.83. The van der Waals surface area contributed by atoms with Crippen LogP contribution in [0.25, 0.3) is 0 Å². The van der Waals surface area contributed by atoms with Gasteiger partial charge in [-0.05, 0) is 59.0 Å². The molecule has 1 saturated carbocycles. The monoisotopic (exact) mass is 260 g/mol. The average molecular weight is 260 g/mol. The van der Waals surface area contributed by atoms with Crippen molar-refractivity contribution in [2.75, 3.05) is 21.1 Å². The van der Waals surface area contributed by atoms with E-state index in [1.807, 2.05) is 0 Å². The van der Waals surface area contributed by atoms with Crippen LogP contribution in [-0.4, -0.2) is 31.6 Å². The molecule has 1 aliphatic carbocycles. The van der Waals surface area contributed by atoms with Gasteiger partial charge in [-0.15, -0.1) is 0 Å². The van der Waals surface area contributed by atoms with Gasteiger partial charge in [-0.1, -0.05) is 36.6 Å². The minimum Gasteiger partial charge on any atom is -0.311 e. The smallest absolute Gasteiger partial charge is 0.0507 e. The zero-order valence-electron chi connectivity index (χ0n) is 13.1. The van der Waals surface area contributed by atoms with Crippen LogP contribution >= 0.6 is 0 Å². The van der Waals surface area contributed by atoms with E-state index in [2.05, 4.69) is 63.4 Å². The van der Waals surface area contributed by atoms with Crippen molar-refractivity contribution >= 4 is 0 Å². The molecule has 2 rings (SSSR count). The standard InChI is InChI=1S/C17H28N2/c1-13-8-9-15(14(2)12-13)16(18-3)17(19(4)5)10-6-7-11-17/h8-9,12,16,18H,6-7,10-11H2,1-5H3. The molecule has 2 heteroatoms. The van der Waals surface area contributed by atoms with Crippen molar-refractivity contribution < 1.29 is 0 Å². The second-order valence-corrected chi connectivity index (χ2v) is 6.29. The Kier molecular flexibility index (Phi) is 4.32. The maximum absolute atomic E-state index is 3.60. The van der Waals surface area contributed by atoms with Crippen LogP contribution in [0.5, 0.6) is 0 Å². The Bertz CT molecular complexity index is 431. The Balaban J connectivity index is 2.43. The lowest BCUT2D eigenvalue weighted by atomic mass is 9.81. The van der Waals surface area contributed by atoms with Crippen molar-refractivity contribution in [3.63, 3.8) is 0 Å². The number of aryl methyl sites for hydroxylation is 2. The molecule has 0 aromatic heterocycles. The van der Waals surface area contributed by atoms with Gasteiger partial charge in [0.05, 0.1) is 6.04 Å². The van der Waals surface area contributed by atoms with Gasteiger partial charge in [0.2, 0.25) is 0 Å². The number of nitrogens with zero attached hydrogens (tertiary/aromatic N) is 1. The summed E-state index contributed by atoms with van der Waals surface area (Å²) < 4.78 is 0. The molecule has 0 heterocycles. The van der Waals surface area contributed by atoms with Crippen molar-refractivity contribution in [3.8, 4) is 0 Å². The fourth-order valence-electron chi connectivity index (χ4n) is 3.84. The van der Waals surface area contributed by atoms with Gasteiger partial charge < -0.3 is 10.2 Å². The normalized spacial score (nSPS) is 19.9. The third-order valence-corrected chi connectivity index (χ3v) is 4.92. The lowest BCUT2D eigenvalue weighted by Crippen LogP contribution is -2.51. The van der Waals surface area contributed by atoms with Gasteiger partial charge in [-0.3, -0.25) is 0 Å². The lowest BCUT2D eigenvalue weighted by Gasteiger charge is -2.44. The van der Waals surface area contributed by atoms with Gasteiger partial charge in [-0.25, -0.2) is 0 Å². The van der Waals surface area contributed by atoms with Crippen molar-refractivity contribution in [1.29, 1.82) is 0 Å². The maximum atomic E-state index is 3.60. The summed E-state index contributed by atoms with van der Waals surface area (Å²) in [6.07, 6.45) is 5.28. The van der Waals surface area contributed by atoms with Crippen LogP contribution in [0.2, 0.25) is 0 Å². The minimum absolute atomic E-state index is 0.273. The quantitative estimate of drug-likeness (QED) is 0.892. The highest BCUT2D eigenvalue weighted by molar-refractivity contribution is 5.35. The molecule has 1 unspecified atom stereocenters. The van der Waals surface area contributed by atoms with E-state index >= 15 is 0 Å². The van der Waals surface area contributed by atoms with E-state index in [0.717, 1.165) is 0 Å². The largest absolute Gasteiger partial charge is 0.311 e. The van der Waals surface area contributed by atoms with Crippen molar-refractivity contribution in [2.24, 2.45) is 0 Å². The number of likely N-dealkylation sites (N-methyl/N-ethyl adjacent to an activating group) is 2. The number of hydrogen-bond donors (Lipinski definition) is 1. The number of hydrogen-bond acceptors (Lipinski definition) is 2. The molecule has 0 aliphatic heterocycles. The van der Waals surface area contributed by atoms with Crippen LogP contribution in [0.1, 0.15) is 48.4 Å². The van der Waals surface area contributed by atoms with Gasteiger partial charge in [-0.2, -0.15) is 0 Å². The lowest BCUT2D eigenvalue weighted by molar-refractivity contribution is 0.108. The third kappa shape index (κ3) is 2.56. The first-order chi connectivity index (χ1) is 9.01. The van der Waals surface area contributed by atoms with Crippen molar-refractivity contribution in [1.82, 2.24) is 10.2 Å². The van der Waals surface area contributed by atoms with Gasteiger partial charge in [0, 0.05) is 5.54 Å². The van der Waals surface area contributed by atoms with E-state index in [1.165, 1.54) is 42.4 Å². The molecule has 0 amide bonds. The van der Waals surface area contributed by atoms with E-state index in [-0.39, 0.29) is 5.54 Å². The molecule has 1 aliphatic rings. The molecule has 2 nitrogen and oxygen atoms in total. The Labute approximate surface area is 118 Å². The second-order valence-electron chi connectivity index (χ2n) is 6.29. The highest BCUT2D eigenvalue weighted by Gasteiger charge is 2.43. The molecule has 1 fully saturated rings. The van der Waals surface area contributed by atoms with Crippen molar-refractivity contribution in [2.45, 2.75) is 51.1 Å². The highest BCUT2D eigenvalue weighted by Crippen LogP contribution is 2.43. The Hall–Kier alpha value is -0.860. The van der Waals surface area contributed by atoms with Gasteiger partial charge in [0.1, 0.15) is 0 Å². The van der Waals surface area contributed by atoms with E-state index in [4.69, 9.17) is 0 Å². The SMILES string of the molecule is CNC(c1ccc(C)cc1C)C1(N(C)C)CCCC1. The van der Waals surface area contributed by atoms with Crippen LogP contribution in [0.15, 0.2) is 18.2 Å². The molecular formula is C17H28N2. The minimum atomic E-state index is 0.273. The Morgan fingerprint density at radius 3 is 2.26 bits per heavy atom. The molecule has 0 saturated heterocycles. The van der Waals surface area contributed by atoms with E-state index in [9.17, 15) is 0 Å². The summed E-state index contributed by atoms with van der Waals surface area (Å²) in [5.41, 5.74) is 4.49. The molecule has 0 spiro atoms. The number of benzene rings is 1. The summed E-state index contributed by atoms with van der Waals surface area (Å²) in [5.74, 6) is 0. The molecular weight excluding hydrogens is 232 g/mol. The van der Waals surface area contributed by atoms with Crippen LogP contribution in [0, 0.1) is 13.8 Å². The summed E-state index contributed by atoms with van der Waals surface area (Å²) >= 11 is 0. The first-order valence-electron chi connectivity index (χ1n) is 7.43. The first-order valence-corrected chi connectivity index (χ1v) is 7.43. The van der Waals surface area contributed by atoms with Crippen LogP contribution in [-0.2, 0) is 0 Å². The summed E-state index contributed by atoms with van der Waals surface area (Å²) in [6.45, 7) is 4.41. The summed E-state index contributed by atoms with van der Waals surface area (Å²) in [6, 6.07) is 7.28. The fourth-order valence-corrected chi connectivity index (χ4v) is 3.84. The Morgan fingerprint density at radius 1 is 1.16 bits per heavy atom. The molecule has 0 bridgehead atoms. The number of rotatable bonds is 4. The molecule has 1 atom stereocenters. The Morgan fingerprint density at radius 2 is 1.79 bits per heavy atom.